The largest absolute Gasteiger partial charge is 0.507 e. The van der Waals surface area contributed by atoms with Crippen LogP contribution in [0.15, 0.2) is 91.0 Å². The van der Waals surface area contributed by atoms with E-state index in [1.165, 1.54) is 10.8 Å². The van der Waals surface area contributed by atoms with Crippen molar-refractivity contribution in [3.63, 3.8) is 0 Å². The average Bonchev–Trinajstić information content (AvgIpc) is 2.74. The molecule has 0 radical (unpaired) electrons. The molecule has 0 heterocycles. The summed E-state index contributed by atoms with van der Waals surface area (Å²) in [5.74, 6) is 0.357. The van der Waals surface area contributed by atoms with Gasteiger partial charge < -0.3 is 5.11 Å². The Balaban J connectivity index is 1.86. The first-order valence-corrected chi connectivity index (χ1v) is 9.94. The predicted octanol–water partition coefficient (Wildman–Crippen LogP) is 7.65. The van der Waals surface area contributed by atoms with Crippen molar-refractivity contribution in [3.05, 3.63) is 102 Å². The first kappa shape index (κ1) is 17.5. The van der Waals surface area contributed by atoms with E-state index in [0.717, 1.165) is 44.2 Å². The van der Waals surface area contributed by atoms with Gasteiger partial charge >= 0.3 is 0 Å². The van der Waals surface area contributed by atoms with Crippen LogP contribution in [-0.2, 0) is 0 Å². The third-order valence-electron chi connectivity index (χ3n) is 5.81. The fourth-order valence-corrected chi connectivity index (χ4v) is 4.53. The van der Waals surface area contributed by atoms with Crippen molar-refractivity contribution in [1.82, 2.24) is 0 Å². The molecular weight excluding hydrogens is 352 g/mol. The summed E-state index contributed by atoms with van der Waals surface area (Å²) in [5, 5.41) is 16.2. The Kier molecular flexibility index (Phi) is 4.10. The van der Waals surface area contributed by atoms with Crippen LogP contribution in [0.4, 0.5) is 0 Å². The van der Waals surface area contributed by atoms with Gasteiger partial charge in [0, 0.05) is 11.1 Å². The maximum absolute atomic E-state index is 11.6. The Labute approximate surface area is 170 Å². The Hall–Kier alpha value is -3.58. The summed E-state index contributed by atoms with van der Waals surface area (Å²) in [7, 11) is 0. The molecule has 0 aliphatic carbocycles. The zero-order valence-electron chi connectivity index (χ0n) is 16.6. The molecule has 0 aromatic heterocycles. The van der Waals surface area contributed by atoms with Crippen LogP contribution < -0.4 is 0 Å². The molecule has 5 aromatic carbocycles. The van der Waals surface area contributed by atoms with Crippen molar-refractivity contribution in [2.75, 3.05) is 0 Å². The minimum absolute atomic E-state index is 0.357. The molecule has 0 aliphatic rings. The van der Waals surface area contributed by atoms with Crippen molar-refractivity contribution in [1.29, 1.82) is 0 Å². The number of phenols is 1. The van der Waals surface area contributed by atoms with Crippen molar-refractivity contribution in [3.8, 4) is 28.0 Å². The zero-order valence-corrected chi connectivity index (χ0v) is 16.6. The number of fused-ring (bicyclic) bond motifs is 2. The molecule has 0 saturated heterocycles. The van der Waals surface area contributed by atoms with E-state index >= 15 is 0 Å². The fraction of sp³-hybridized carbons (Fsp3) is 0.0714. The van der Waals surface area contributed by atoms with Gasteiger partial charge in [-0.1, -0.05) is 91.0 Å². The lowest BCUT2D eigenvalue weighted by Gasteiger charge is -2.19. The molecule has 5 aromatic rings. The second-order valence-electron chi connectivity index (χ2n) is 7.66. The topological polar surface area (TPSA) is 20.2 Å². The molecule has 1 N–H and O–H groups in total. The maximum atomic E-state index is 11.6. The standard InChI is InChI=1S/C28H22O/c1-18-17-19(2)27(25-16-8-12-21-10-4-6-14-23(21)25)28(29)26(18)24-15-7-11-20-9-3-5-13-22(20)24/h3-17,29H,1-2H3. The van der Waals surface area contributed by atoms with Crippen LogP contribution in [0, 0.1) is 13.8 Å². The number of benzene rings is 5. The van der Waals surface area contributed by atoms with Gasteiger partial charge in [0.25, 0.3) is 0 Å². The van der Waals surface area contributed by atoms with Gasteiger partial charge in [0.05, 0.1) is 0 Å². The van der Waals surface area contributed by atoms with E-state index in [2.05, 4.69) is 105 Å². The Morgan fingerprint density at radius 1 is 0.517 bits per heavy atom. The second-order valence-corrected chi connectivity index (χ2v) is 7.66. The van der Waals surface area contributed by atoms with E-state index in [1.54, 1.807) is 0 Å². The number of aromatic hydroxyl groups is 1. The number of phenolic OH excluding ortho intramolecular Hbond substituents is 1. The molecular formula is C28H22O. The lowest BCUT2D eigenvalue weighted by atomic mass is 9.87. The molecule has 5 rings (SSSR count). The minimum atomic E-state index is 0.357. The highest BCUT2D eigenvalue weighted by atomic mass is 16.3. The highest BCUT2D eigenvalue weighted by Gasteiger charge is 2.19. The van der Waals surface area contributed by atoms with E-state index in [9.17, 15) is 5.11 Å². The molecule has 0 fully saturated rings. The number of hydrogen-bond donors (Lipinski definition) is 1. The van der Waals surface area contributed by atoms with E-state index in [-0.39, 0.29) is 0 Å². The molecule has 0 atom stereocenters. The normalized spacial score (nSPS) is 11.2. The zero-order chi connectivity index (χ0) is 20.0. The summed E-state index contributed by atoms with van der Waals surface area (Å²) in [6.45, 7) is 4.16. The summed E-state index contributed by atoms with van der Waals surface area (Å²) in [6, 6.07) is 31.4. The van der Waals surface area contributed by atoms with Gasteiger partial charge in [-0.15, -0.1) is 0 Å². The molecule has 0 bridgehead atoms. The van der Waals surface area contributed by atoms with Crippen LogP contribution in [0.3, 0.4) is 0 Å². The molecule has 1 heteroatoms. The molecule has 140 valence electrons. The second kappa shape index (κ2) is 6.79. The van der Waals surface area contributed by atoms with E-state index in [0.29, 0.717) is 5.75 Å². The number of aryl methyl sites for hydroxylation is 2. The van der Waals surface area contributed by atoms with Crippen LogP contribution in [0.1, 0.15) is 11.1 Å². The van der Waals surface area contributed by atoms with Crippen molar-refractivity contribution in [2.24, 2.45) is 0 Å². The summed E-state index contributed by atoms with van der Waals surface area (Å²) in [6.07, 6.45) is 0. The van der Waals surface area contributed by atoms with Gasteiger partial charge in [-0.05, 0) is 57.6 Å². The van der Waals surface area contributed by atoms with Crippen molar-refractivity contribution in [2.45, 2.75) is 13.8 Å². The number of hydrogen-bond acceptors (Lipinski definition) is 1. The molecule has 0 unspecified atom stereocenters. The predicted molar refractivity (Wildman–Crippen MR) is 123 cm³/mol. The molecule has 0 aliphatic heterocycles. The fourth-order valence-electron chi connectivity index (χ4n) is 4.53. The smallest absolute Gasteiger partial charge is 0.131 e. The van der Waals surface area contributed by atoms with Gasteiger partial charge in [0.15, 0.2) is 0 Å². The Bertz CT molecular complexity index is 1260. The van der Waals surface area contributed by atoms with Crippen LogP contribution in [0.5, 0.6) is 5.75 Å². The summed E-state index contributed by atoms with van der Waals surface area (Å²) in [5.41, 5.74) is 6.13. The Morgan fingerprint density at radius 2 is 0.931 bits per heavy atom. The third-order valence-corrected chi connectivity index (χ3v) is 5.81. The van der Waals surface area contributed by atoms with Crippen LogP contribution in [-0.4, -0.2) is 5.11 Å². The number of rotatable bonds is 2. The van der Waals surface area contributed by atoms with Gasteiger partial charge in [0.2, 0.25) is 0 Å². The third kappa shape index (κ3) is 2.78. The highest BCUT2D eigenvalue weighted by Crippen LogP contribution is 2.45. The van der Waals surface area contributed by atoms with E-state index in [4.69, 9.17) is 0 Å². The lowest BCUT2D eigenvalue weighted by molar-refractivity contribution is 0.478. The first-order valence-electron chi connectivity index (χ1n) is 9.94. The molecule has 1 nitrogen and oxygen atoms in total. The molecule has 0 spiro atoms. The quantitative estimate of drug-likeness (QED) is 0.336. The van der Waals surface area contributed by atoms with Gasteiger partial charge in [-0.25, -0.2) is 0 Å². The average molecular weight is 374 g/mol. The first-order chi connectivity index (χ1) is 14.1. The Morgan fingerprint density at radius 3 is 1.41 bits per heavy atom. The summed E-state index contributed by atoms with van der Waals surface area (Å²) < 4.78 is 0. The summed E-state index contributed by atoms with van der Waals surface area (Å²) in [4.78, 5) is 0. The van der Waals surface area contributed by atoms with Gasteiger partial charge in [-0.2, -0.15) is 0 Å². The maximum Gasteiger partial charge on any atom is 0.131 e. The van der Waals surface area contributed by atoms with Crippen molar-refractivity contribution >= 4 is 21.5 Å². The highest BCUT2D eigenvalue weighted by molar-refractivity contribution is 6.04. The SMILES string of the molecule is Cc1cc(C)c(-c2cccc3ccccc23)c(O)c1-c1cccc2ccccc12. The van der Waals surface area contributed by atoms with Crippen molar-refractivity contribution < 1.29 is 5.11 Å². The monoisotopic (exact) mass is 374 g/mol. The lowest BCUT2D eigenvalue weighted by Crippen LogP contribution is -1.93. The van der Waals surface area contributed by atoms with E-state index < -0.39 is 0 Å². The molecule has 0 saturated carbocycles. The molecule has 0 amide bonds. The van der Waals surface area contributed by atoms with Crippen LogP contribution in [0.2, 0.25) is 0 Å². The summed E-state index contributed by atoms with van der Waals surface area (Å²) >= 11 is 0. The minimum Gasteiger partial charge on any atom is -0.507 e. The molecule has 29 heavy (non-hydrogen) atoms. The van der Waals surface area contributed by atoms with Crippen LogP contribution >= 0.6 is 0 Å². The van der Waals surface area contributed by atoms with Gasteiger partial charge in [-0.3, -0.25) is 0 Å². The van der Waals surface area contributed by atoms with Crippen LogP contribution in [0.25, 0.3) is 43.8 Å². The van der Waals surface area contributed by atoms with Gasteiger partial charge in [0.1, 0.15) is 5.75 Å². The van der Waals surface area contributed by atoms with E-state index in [1.807, 2.05) is 0 Å².